The van der Waals surface area contributed by atoms with Gasteiger partial charge in [-0.2, -0.15) is 0 Å². The Balaban J connectivity index is 1.98. The first-order valence-corrected chi connectivity index (χ1v) is 4.46. The molecule has 0 aliphatic heterocycles. The van der Waals surface area contributed by atoms with Gasteiger partial charge < -0.3 is 0 Å². The van der Waals surface area contributed by atoms with E-state index in [4.69, 9.17) is 0 Å². The van der Waals surface area contributed by atoms with E-state index in [1.165, 1.54) is 32.1 Å². The van der Waals surface area contributed by atoms with E-state index in [1.807, 2.05) is 0 Å². The SMILES string of the molecule is CC1CC2(CC=CCC2)C1. The molecule has 0 nitrogen and oxygen atoms in total. The molecule has 1 fully saturated rings. The summed E-state index contributed by atoms with van der Waals surface area (Å²) in [4.78, 5) is 0. The Bertz CT molecular complexity index is 149. The molecule has 2 aliphatic rings. The summed E-state index contributed by atoms with van der Waals surface area (Å²) >= 11 is 0. The van der Waals surface area contributed by atoms with Gasteiger partial charge in [-0.3, -0.25) is 0 Å². The third kappa shape index (κ3) is 0.902. The number of allylic oxidation sites excluding steroid dienone is 2. The maximum Gasteiger partial charge on any atom is -0.0255 e. The Morgan fingerprint density at radius 1 is 1.30 bits per heavy atom. The van der Waals surface area contributed by atoms with Crippen LogP contribution >= 0.6 is 0 Å². The van der Waals surface area contributed by atoms with E-state index in [1.54, 1.807) is 0 Å². The summed E-state index contributed by atoms with van der Waals surface area (Å²) in [6, 6.07) is 0. The second-order valence-electron chi connectivity index (χ2n) is 4.23. The van der Waals surface area contributed by atoms with Gasteiger partial charge in [0.05, 0.1) is 0 Å². The van der Waals surface area contributed by atoms with Crippen molar-refractivity contribution in [1.82, 2.24) is 0 Å². The average molecular weight is 136 g/mol. The van der Waals surface area contributed by atoms with Crippen LogP contribution in [0.1, 0.15) is 39.0 Å². The van der Waals surface area contributed by atoms with Crippen LogP contribution in [0.15, 0.2) is 12.2 Å². The van der Waals surface area contributed by atoms with Crippen LogP contribution in [0, 0.1) is 11.3 Å². The molecule has 0 atom stereocenters. The van der Waals surface area contributed by atoms with Gasteiger partial charge in [0.15, 0.2) is 0 Å². The number of hydrogen-bond acceptors (Lipinski definition) is 0. The minimum absolute atomic E-state index is 0.786. The highest BCUT2D eigenvalue weighted by Crippen LogP contribution is 2.52. The quantitative estimate of drug-likeness (QED) is 0.449. The van der Waals surface area contributed by atoms with Gasteiger partial charge in [-0.15, -0.1) is 0 Å². The molecular formula is C10H16. The van der Waals surface area contributed by atoms with Crippen LogP contribution in [-0.2, 0) is 0 Å². The summed E-state index contributed by atoms with van der Waals surface area (Å²) in [6.07, 6.45) is 11.9. The molecule has 0 radical (unpaired) electrons. The molecule has 0 bridgehead atoms. The highest BCUT2D eigenvalue weighted by Gasteiger charge is 2.40. The third-order valence-corrected chi connectivity index (χ3v) is 3.12. The molecule has 0 saturated heterocycles. The van der Waals surface area contributed by atoms with Crippen LogP contribution in [0.3, 0.4) is 0 Å². The molecule has 0 unspecified atom stereocenters. The predicted molar refractivity (Wildman–Crippen MR) is 43.8 cm³/mol. The monoisotopic (exact) mass is 136 g/mol. The molecule has 0 heteroatoms. The van der Waals surface area contributed by atoms with Crippen LogP contribution in [-0.4, -0.2) is 0 Å². The van der Waals surface area contributed by atoms with Gasteiger partial charge in [0.2, 0.25) is 0 Å². The Labute approximate surface area is 63.3 Å². The van der Waals surface area contributed by atoms with Crippen molar-refractivity contribution in [2.24, 2.45) is 11.3 Å². The summed E-state index contributed by atoms with van der Waals surface area (Å²) in [5.41, 5.74) is 0.786. The van der Waals surface area contributed by atoms with E-state index in [0.29, 0.717) is 0 Å². The fraction of sp³-hybridized carbons (Fsp3) is 0.800. The first kappa shape index (κ1) is 6.45. The highest BCUT2D eigenvalue weighted by molar-refractivity contribution is 5.03. The van der Waals surface area contributed by atoms with Crippen LogP contribution in [0.2, 0.25) is 0 Å². The maximum absolute atomic E-state index is 2.38. The minimum Gasteiger partial charge on any atom is -0.0885 e. The van der Waals surface area contributed by atoms with Gasteiger partial charge in [-0.05, 0) is 43.4 Å². The molecule has 2 aliphatic carbocycles. The van der Waals surface area contributed by atoms with Crippen molar-refractivity contribution >= 4 is 0 Å². The Hall–Kier alpha value is -0.260. The van der Waals surface area contributed by atoms with Gasteiger partial charge in [0.1, 0.15) is 0 Å². The zero-order chi connectivity index (χ0) is 7.03. The summed E-state index contributed by atoms with van der Waals surface area (Å²) in [5.74, 6) is 1.02. The molecule has 1 spiro atoms. The number of rotatable bonds is 0. The Morgan fingerprint density at radius 2 is 2.10 bits per heavy atom. The molecule has 0 aromatic heterocycles. The summed E-state index contributed by atoms with van der Waals surface area (Å²) < 4.78 is 0. The van der Waals surface area contributed by atoms with Gasteiger partial charge in [0, 0.05) is 0 Å². The lowest BCUT2D eigenvalue weighted by Crippen LogP contribution is -2.36. The standard InChI is InChI=1S/C10H16/c1-9-7-10(8-9)5-3-2-4-6-10/h2-3,9H,4-8H2,1H3. The van der Waals surface area contributed by atoms with Gasteiger partial charge in [-0.25, -0.2) is 0 Å². The normalized spacial score (nSPS) is 45.5. The van der Waals surface area contributed by atoms with E-state index in [0.717, 1.165) is 11.3 Å². The molecule has 0 aromatic carbocycles. The average Bonchev–Trinajstić information content (AvgIpc) is 1.87. The largest absolute Gasteiger partial charge is 0.0885 e. The lowest BCUT2D eigenvalue weighted by molar-refractivity contribution is 0.0557. The van der Waals surface area contributed by atoms with Crippen LogP contribution in [0.25, 0.3) is 0 Å². The molecule has 1 saturated carbocycles. The fourth-order valence-electron chi connectivity index (χ4n) is 2.73. The molecular weight excluding hydrogens is 120 g/mol. The van der Waals surface area contributed by atoms with Crippen molar-refractivity contribution in [1.29, 1.82) is 0 Å². The fourth-order valence-corrected chi connectivity index (χ4v) is 2.73. The third-order valence-electron chi connectivity index (χ3n) is 3.12. The van der Waals surface area contributed by atoms with Crippen molar-refractivity contribution < 1.29 is 0 Å². The van der Waals surface area contributed by atoms with E-state index in [2.05, 4.69) is 19.1 Å². The smallest absolute Gasteiger partial charge is 0.0255 e. The lowest BCUT2D eigenvalue weighted by Gasteiger charge is -2.47. The zero-order valence-corrected chi connectivity index (χ0v) is 6.77. The molecule has 2 rings (SSSR count). The molecule has 0 N–H and O–H groups in total. The van der Waals surface area contributed by atoms with Crippen LogP contribution < -0.4 is 0 Å². The Kier molecular flexibility index (Phi) is 1.36. The summed E-state index contributed by atoms with van der Waals surface area (Å²) in [6.45, 7) is 2.38. The van der Waals surface area contributed by atoms with E-state index < -0.39 is 0 Å². The molecule has 0 aromatic rings. The van der Waals surface area contributed by atoms with E-state index >= 15 is 0 Å². The zero-order valence-electron chi connectivity index (χ0n) is 6.77. The summed E-state index contributed by atoms with van der Waals surface area (Å²) in [5, 5.41) is 0. The molecule has 0 heterocycles. The van der Waals surface area contributed by atoms with Crippen LogP contribution in [0.5, 0.6) is 0 Å². The highest BCUT2D eigenvalue weighted by atomic mass is 14.5. The van der Waals surface area contributed by atoms with E-state index in [-0.39, 0.29) is 0 Å². The second kappa shape index (κ2) is 2.11. The lowest BCUT2D eigenvalue weighted by atomic mass is 9.58. The van der Waals surface area contributed by atoms with Crippen molar-refractivity contribution in [3.05, 3.63) is 12.2 Å². The minimum atomic E-state index is 0.786. The van der Waals surface area contributed by atoms with Gasteiger partial charge in [0.25, 0.3) is 0 Å². The second-order valence-corrected chi connectivity index (χ2v) is 4.23. The first-order valence-electron chi connectivity index (χ1n) is 4.46. The van der Waals surface area contributed by atoms with Gasteiger partial charge in [-0.1, -0.05) is 19.1 Å². The Morgan fingerprint density at radius 3 is 2.60 bits per heavy atom. The van der Waals surface area contributed by atoms with Crippen molar-refractivity contribution in [3.63, 3.8) is 0 Å². The number of hydrogen-bond donors (Lipinski definition) is 0. The summed E-state index contributed by atoms with van der Waals surface area (Å²) in [7, 11) is 0. The van der Waals surface area contributed by atoms with Gasteiger partial charge >= 0.3 is 0 Å². The molecule has 10 heavy (non-hydrogen) atoms. The van der Waals surface area contributed by atoms with Crippen molar-refractivity contribution in [3.8, 4) is 0 Å². The predicted octanol–water partition coefficient (Wildman–Crippen LogP) is 3.14. The van der Waals surface area contributed by atoms with Crippen molar-refractivity contribution in [2.45, 2.75) is 39.0 Å². The molecule has 0 amide bonds. The maximum atomic E-state index is 2.38. The molecule has 56 valence electrons. The van der Waals surface area contributed by atoms with E-state index in [9.17, 15) is 0 Å². The first-order chi connectivity index (χ1) is 4.81. The topological polar surface area (TPSA) is 0 Å². The van der Waals surface area contributed by atoms with Crippen LogP contribution in [0.4, 0.5) is 0 Å². The van der Waals surface area contributed by atoms with Crippen molar-refractivity contribution in [2.75, 3.05) is 0 Å².